The molecular formula is C23H23Cl2NO2. The van der Waals surface area contributed by atoms with Gasteiger partial charge in [0.1, 0.15) is 11.5 Å². The number of phenolic OH excluding ortho intramolecular Hbond substituents is 1. The van der Waals surface area contributed by atoms with Crippen LogP contribution in [0, 0.1) is 0 Å². The Labute approximate surface area is 175 Å². The molecule has 3 aromatic rings. The quantitative estimate of drug-likeness (QED) is 0.426. The van der Waals surface area contributed by atoms with Crippen molar-refractivity contribution >= 4 is 28.9 Å². The first-order valence-corrected chi connectivity index (χ1v) is 9.77. The molecule has 0 heterocycles. The standard InChI is InChI=1S/C23H23Cl2NO2/c1-23(2,3)16-7-9-18(10-8-16)28-19-6-4-5-15(11-19)14-26-21-13-17(24)12-20(25)22(21)27/h4-13,26-27H,14H2,1-3H3. The molecule has 146 valence electrons. The summed E-state index contributed by atoms with van der Waals surface area (Å²) in [6.45, 7) is 7.04. The summed E-state index contributed by atoms with van der Waals surface area (Å²) in [6.07, 6.45) is 0. The number of aromatic hydroxyl groups is 1. The third kappa shape index (κ3) is 5.12. The zero-order valence-electron chi connectivity index (χ0n) is 16.1. The molecule has 3 aromatic carbocycles. The van der Waals surface area contributed by atoms with Crippen LogP contribution in [0.3, 0.4) is 0 Å². The van der Waals surface area contributed by atoms with Gasteiger partial charge in [-0.3, -0.25) is 0 Å². The van der Waals surface area contributed by atoms with E-state index in [-0.39, 0.29) is 16.2 Å². The van der Waals surface area contributed by atoms with Crippen molar-refractivity contribution < 1.29 is 9.84 Å². The zero-order chi connectivity index (χ0) is 20.3. The second kappa shape index (κ2) is 8.34. The van der Waals surface area contributed by atoms with E-state index in [2.05, 4.69) is 38.2 Å². The van der Waals surface area contributed by atoms with Crippen LogP contribution in [0.1, 0.15) is 31.9 Å². The number of rotatable bonds is 5. The molecule has 3 nitrogen and oxygen atoms in total. The van der Waals surface area contributed by atoms with Gasteiger partial charge in [0.25, 0.3) is 0 Å². The summed E-state index contributed by atoms with van der Waals surface area (Å²) < 4.78 is 5.98. The predicted octanol–water partition coefficient (Wildman–Crippen LogP) is 7.40. The number of halogens is 2. The maximum atomic E-state index is 10.1. The van der Waals surface area contributed by atoms with Gasteiger partial charge < -0.3 is 15.2 Å². The van der Waals surface area contributed by atoms with Gasteiger partial charge in [0.05, 0.1) is 10.7 Å². The molecule has 5 heteroatoms. The van der Waals surface area contributed by atoms with E-state index < -0.39 is 0 Å². The summed E-state index contributed by atoms with van der Waals surface area (Å²) in [7, 11) is 0. The summed E-state index contributed by atoms with van der Waals surface area (Å²) >= 11 is 12.0. The van der Waals surface area contributed by atoms with Crippen LogP contribution in [0.15, 0.2) is 60.7 Å². The SMILES string of the molecule is CC(C)(C)c1ccc(Oc2cccc(CNc3cc(Cl)cc(Cl)c3O)c2)cc1. The van der Waals surface area contributed by atoms with Gasteiger partial charge in [-0.25, -0.2) is 0 Å². The number of nitrogens with one attached hydrogen (secondary N) is 1. The first-order chi connectivity index (χ1) is 13.2. The number of ether oxygens (including phenoxy) is 1. The molecule has 0 aromatic heterocycles. The molecule has 3 rings (SSSR count). The van der Waals surface area contributed by atoms with Crippen LogP contribution in [0.4, 0.5) is 5.69 Å². The Morgan fingerprint density at radius 1 is 0.929 bits per heavy atom. The average molecular weight is 416 g/mol. The minimum Gasteiger partial charge on any atom is -0.504 e. The molecule has 0 unspecified atom stereocenters. The third-order valence-electron chi connectivity index (χ3n) is 4.37. The molecule has 0 saturated heterocycles. The highest BCUT2D eigenvalue weighted by Crippen LogP contribution is 2.35. The van der Waals surface area contributed by atoms with E-state index in [4.69, 9.17) is 27.9 Å². The highest BCUT2D eigenvalue weighted by Gasteiger charge is 2.13. The number of anilines is 1. The molecule has 0 aliphatic carbocycles. The van der Waals surface area contributed by atoms with E-state index >= 15 is 0 Å². The van der Waals surface area contributed by atoms with Crippen molar-refractivity contribution in [1.82, 2.24) is 0 Å². The molecule has 28 heavy (non-hydrogen) atoms. The fourth-order valence-corrected chi connectivity index (χ4v) is 3.27. The lowest BCUT2D eigenvalue weighted by Crippen LogP contribution is -2.10. The number of hydrogen-bond acceptors (Lipinski definition) is 3. The Hall–Kier alpha value is -2.36. The van der Waals surface area contributed by atoms with Gasteiger partial charge in [-0.2, -0.15) is 0 Å². The predicted molar refractivity (Wildman–Crippen MR) is 117 cm³/mol. The lowest BCUT2D eigenvalue weighted by atomic mass is 9.87. The van der Waals surface area contributed by atoms with Gasteiger partial charge in [-0.1, -0.05) is 68.2 Å². The summed E-state index contributed by atoms with van der Waals surface area (Å²) in [5.41, 5.74) is 2.86. The fraction of sp³-hybridized carbons (Fsp3) is 0.217. The lowest BCUT2D eigenvalue weighted by molar-refractivity contribution is 0.477. The van der Waals surface area contributed by atoms with Crippen LogP contribution in [0.5, 0.6) is 17.2 Å². The maximum absolute atomic E-state index is 10.1. The summed E-state index contributed by atoms with van der Waals surface area (Å²) in [5, 5.41) is 13.9. The summed E-state index contributed by atoms with van der Waals surface area (Å²) in [6, 6.07) is 19.1. The van der Waals surface area contributed by atoms with Crippen molar-refractivity contribution in [3.05, 3.63) is 81.8 Å². The van der Waals surface area contributed by atoms with E-state index in [1.807, 2.05) is 36.4 Å². The fourth-order valence-electron chi connectivity index (χ4n) is 2.78. The molecule has 0 bridgehead atoms. The van der Waals surface area contributed by atoms with Gasteiger partial charge in [-0.05, 0) is 52.9 Å². The van der Waals surface area contributed by atoms with E-state index in [1.165, 1.54) is 11.6 Å². The molecule has 0 fully saturated rings. The van der Waals surface area contributed by atoms with Crippen LogP contribution in [0.25, 0.3) is 0 Å². The Morgan fingerprint density at radius 2 is 1.64 bits per heavy atom. The molecule has 0 amide bonds. The largest absolute Gasteiger partial charge is 0.504 e. The minimum atomic E-state index is -0.0163. The van der Waals surface area contributed by atoms with Gasteiger partial charge in [0.2, 0.25) is 0 Å². The highest BCUT2D eigenvalue weighted by atomic mass is 35.5. The van der Waals surface area contributed by atoms with Gasteiger partial charge in [0.15, 0.2) is 5.75 Å². The van der Waals surface area contributed by atoms with Crippen molar-refractivity contribution in [2.45, 2.75) is 32.7 Å². The molecule has 2 N–H and O–H groups in total. The topological polar surface area (TPSA) is 41.5 Å². The molecule has 0 spiro atoms. The zero-order valence-corrected chi connectivity index (χ0v) is 17.6. The number of benzene rings is 3. The average Bonchev–Trinajstić information content (AvgIpc) is 2.63. The van der Waals surface area contributed by atoms with Crippen LogP contribution >= 0.6 is 23.2 Å². The van der Waals surface area contributed by atoms with Crippen molar-refractivity contribution in [2.24, 2.45) is 0 Å². The smallest absolute Gasteiger partial charge is 0.157 e. The molecule has 0 aliphatic heterocycles. The Morgan fingerprint density at radius 3 is 2.32 bits per heavy atom. The number of phenols is 1. The number of hydrogen-bond donors (Lipinski definition) is 2. The Kier molecular flexibility index (Phi) is 6.07. The Balaban J connectivity index is 1.69. The van der Waals surface area contributed by atoms with E-state index in [9.17, 15) is 5.11 Å². The van der Waals surface area contributed by atoms with E-state index in [0.717, 1.165) is 17.1 Å². The Bertz CT molecular complexity index is 963. The molecule has 0 saturated carbocycles. The van der Waals surface area contributed by atoms with Gasteiger partial charge in [-0.15, -0.1) is 0 Å². The summed E-state index contributed by atoms with van der Waals surface area (Å²) in [5.74, 6) is 1.52. The third-order valence-corrected chi connectivity index (χ3v) is 4.87. The van der Waals surface area contributed by atoms with Crippen molar-refractivity contribution in [2.75, 3.05) is 5.32 Å². The molecule has 0 atom stereocenters. The first kappa shape index (κ1) is 20.4. The van der Waals surface area contributed by atoms with Crippen LogP contribution in [-0.2, 0) is 12.0 Å². The van der Waals surface area contributed by atoms with E-state index in [1.54, 1.807) is 6.07 Å². The van der Waals surface area contributed by atoms with Crippen LogP contribution < -0.4 is 10.1 Å². The molecular weight excluding hydrogens is 393 g/mol. The highest BCUT2D eigenvalue weighted by molar-refractivity contribution is 6.36. The second-order valence-electron chi connectivity index (χ2n) is 7.66. The van der Waals surface area contributed by atoms with Gasteiger partial charge in [0, 0.05) is 11.6 Å². The van der Waals surface area contributed by atoms with Crippen molar-refractivity contribution in [3.8, 4) is 17.2 Å². The molecule has 0 aliphatic rings. The second-order valence-corrected chi connectivity index (χ2v) is 8.50. The van der Waals surface area contributed by atoms with Crippen molar-refractivity contribution in [1.29, 1.82) is 0 Å². The first-order valence-electron chi connectivity index (χ1n) is 9.01. The summed E-state index contributed by atoms with van der Waals surface area (Å²) in [4.78, 5) is 0. The minimum absolute atomic E-state index is 0.0163. The van der Waals surface area contributed by atoms with Crippen LogP contribution in [-0.4, -0.2) is 5.11 Å². The van der Waals surface area contributed by atoms with Crippen LogP contribution in [0.2, 0.25) is 10.0 Å². The van der Waals surface area contributed by atoms with E-state index in [0.29, 0.717) is 17.3 Å². The van der Waals surface area contributed by atoms with Crippen molar-refractivity contribution in [3.63, 3.8) is 0 Å². The monoisotopic (exact) mass is 415 g/mol. The van der Waals surface area contributed by atoms with Gasteiger partial charge >= 0.3 is 0 Å². The lowest BCUT2D eigenvalue weighted by Gasteiger charge is -2.19. The molecule has 0 radical (unpaired) electrons. The maximum Gasteiger partial charge on any atom is 0.157 e. The normalized spacial score (nSPS) is 11.3.